The molecule has 0 saturated carbocycles. The van der Waals surface area contributed by atoms with Crippen molar-refractivity contribution in [3.05, 3.63) is 11.6 Å². The maximum absolute atomic E-state index is 4.54. The van der Waals surface area contributed by atoms with E-state index in [1.165, 1.54) is 48.2 Å². The predicted molar refractivity (Wildman–Crippen MR) is 100 cm³/mol. The van der Waals surface area contributed by atoms with Crippen molar-refractivity contribution in [1.29, 1.82) is 0 Å². The van der Waals surface area contributed by atoms with Crippen molar-refractivity contribution in [1.82, 2.24) is 24.6 Å². The van der Waals surface area contributed by atoms with Crippen molar-refractivity contribution < 1.29 is 0 Å². The quantitative estimate of drug-likeness (QED) is 0.821. The summed E-state index contributed by atoms with van der Waals surface area (Å²) in [6, 6.07) is 0.741. The molecule has 1 aromatic heterocycles. The fourth-order valence-corrected chi connectivity index (χ4v) is 6.14. The summed E-state index contributed by atoms with van der Waals surface area (Å²) in [7, 11) is 6.29. The van der Waals surface area contributed by atoms with Gasteiger partial charge in [0.05, 0.1) is 6.54 Å². The van der Waals surface area contributed by atoms with Crippen LogP contribution >= 0.6 is 23.5 Å². The first kappa shape index (κ1) is 17.6. The number of hydrogen-bond acceptors (Lipinski definition) is 6. The fourth-order valence-electron chi connectivity index (χ4n) is 3.52. The molecule has 0 bridgehead atoms. The molecule has 1 aromatic rings. The molecule has 2 saturated heterocycles. The van der Waals surface area contributed by atoms with Crippen molar-refractivity contribution in [2.75, 3.05) is 50.2 Å². The molecular weight excluding hydrogens is 326 g/mol. The molecule has 0 N–H and O–H groups in total. The van der Waals surface area contributed by atoms with Gasteiger partial charge >= 0.3 is 0 Å². The Hall–Kier alpha value is -0.240. The van der Waals surface area contributed by atoms with Crippen LogP contribution in [0.4, 0.5) is 0 Å². The van der Waals surface area contributed by atoms with Gasteiger partial charge in [0, 0.05) is 48.6 Å². The number of nitrogens with zero attached hydrogens (tertiary/aromatic N) is 5. The Morgan fingerprint density at radius 3 is 2.61 bits per heavy atom. The highest BCUT2D eigenvalue weighted by molar-refractivity contribution is 8.03. The van der Waals surface area contributed by atoms with E-state index in [4.69, 9.17) is 0 Å². The zero-order valence-electron chi connectivity index (χ0n) is 14.6. The Morgan fingerprint density at radius 2 is 1.91 bits per heavy atom. The van der Waals surface area contributed by atoms with Gasteiger partial charge in [0.15, 0.2) is 0 Å². The van der Waals surface area contributed by atoms with Crippen LogP contribution in [0.3, 0.4) is 0 Å². The number of likely N-dealkylation sites (tertiary alicyclic amines) is 1. The molecule has 0 amide bonds. The van der Waals surface area contributed by atoms with Crippen molar-refractivity contribution in [3.63, 3.8) is 0 Å². The summed E-state index contributed by atoms with van der Waals surface area (Å²) in [4.78, 5) is 4.88. The minimum absolute atomic E-state index is 0.537. The van der Waals surface area contributed by atoms with Crippen LogP contribution in [-0.2, 0) is 13.6 Å². The average molecular weight is 356 g/mol. The number of piperidine rings is 1. The summed E-state index contributed by atoms with van der Waals surface area (Å²) >= 11 is 4.25. The molecule has 2 aliphatic rings. The normalized spacial score (nSPS) is 25.0. The summed E-state index contributed by atoms with van der Waals surface area (Å²) < 4.78 is 2.23. The van der Waals surface area contributed by atoms with E-state index < -0.39 is 0 Å². The highest BCUT2D eigenvalue weighted by atomic mass is 32.2. The predicted octanol–water partition coefficient (Wildman–Crippen LogP) is 1.90. The summed E-state index contributed by atoms with van der Waals surface area (Å²) in [5, 5.41) is 8.97. The van der Waals surface area contributed by atoms with Gasteiger partial charge in [0.25, 0.3) is 0 Å². The van der Waals surface area contributed by atoms with Crippen molar-refractivity contribution in [2.24, 2.45) is 7.05 Å². The zero-order chi connectivity index (χ0) is 16.2. The molecule has 1 atom stereocenters. The van der Waals surface area contributed by atoms with Crippen molar-refractivity contribution in [3.8, 4) is 0 Å². The number of rotatable bonds is 4. The van der Waals surface area contributed by atoms with Gasteiger partial charge in [-0.3, -0.25) is 4.90 Å². The van der Waals surface area contributed by atoms with Crippen LogP contribution in [0.2, 0.25) is 0 Å². The topological polar surface area (TPSA) is 37.2 Å². The smallest absolute Gasteiger partial charge is 0.146 e. The first-order valence-electron chi connectivity index (χ1n) is 8.57. The first-order valence-corrected chi connectivity index (χ1v) is 10.9. The van der Waals surface area contributed by atoms with E-state index in [-0.39, 0.29) is 0 Å². The molecule has 0 unspecified atom stereocenters. The van der Waals surface area contributed by atoms with E-state index in [1.54, 1.807) is 0 Å². The van der Waals surface area contributed by atoms with Crippen LogP contribution in [-0.4, -0.2) is 80.8 Å². The lowest BCUT2D eigenvalue weighted by molar-refractivity contribution is 0.168. The SMILES string of the molecule is CN(C)Cc1nnc([C@H]2CCCN(C3CSCCSC3)C2)n1C. The van der Waals surface area contributed by atoms with Crippen LogP contribution < -0.4 is 0 Å². The van der Waals surface area contributed by atoms with E-state index in [1.807, 2.05) is 0 Å². The zero-order valence-corrected chi connectivity index (χ0v) is 16.2. The summed E-state index contributed by atoms with van der Waals surface area (Å²) in [5.41, 5.74) is 0. The van der Waals surface area contributed by atoms with Crippen LogP contribution in [0.1, 0.15) is 30.4 Å². The van der Waals surface area contributed by atoms with Gasteiger partial charge in [-0.05, 0) is 33.5 Å². The van der Waals surface area contributed by atoms with Crippen LogP contribution in [0, 0.1) is 0 Å². The molecule has 0 radical (unpaired) electrons. The van der Waals surface area contributed by atoms with E-state index in [2.05, 4.69) is 69.2 Å². The van der Waals surface area contributed by atoms with Crippen LogP contribution in [0.25, 0.3) is 0 Å². The molecule has 0 spiro atoms. The first-order chi connectivity index (χ1) is 11.1. The van der Waals surface area contributed by atoms with Crippen LogP contribution in [0.15, 0.2) is 0 Å². The molecule has 130 valence electrons. The highest BCUT2D eigenvalue weighted by Crippen LogP contribution is 2.29. The van der Waals surface area contributed by atoms with Gasteiger partial charge in [-0.1, -0.05) is 0 Å². The molecule has 0 aromatic carbocycles. The van der Waals surface area contributed by atoms with Crippen molar-refractivity contribution in [2.45, 2.75) is 31.3 Å². The van der Waals surface area contributed by atoms with E-state index in [9.17, 15) is 0 Å². The molecule has 23 heavy (non-hydrogen) atoms. The Bertz CT molecular complexity index is 497. The second-order valence-electron chi connectivity index (χ2n) is 6.91. The van der Waals surface area contributed by atoms with Gasteiger partial charge in [-0.2, -0.15) is 23.5 Å². The van der Waals surface area contributed by atoms with Gasteiger partial charge < -0.3 is 9.47 Å². The maximum Gasteiger partial charge on any atom is 0.146 e. The van der Waals surface area contributed by atoms with Crippen molar-refractivity contribution >= 4 is 23.5 Å². The number of aromatic nitrogens is 3. The lowest BCUT2D eigenvalue weighted by Gasteiger charge is -2.37. The molecular formula is C16H29N5S2. The highest BCUT2D eigenvalue weighted by Gasteiger charge is 2.30. The summed E-state index contributed by atoms with van der Waals surface area (Å²) in [5.74, 6) is 8.01. The average Bonchev–Trinajstić information content (AvgIpc) is 2.77. The Morgan fingerprint density at radius 1 is 1.17 bits per heavy atom. The fraction of sp³-hybridized carbons (Fsp3) is 0.875. The molecule has 3 rings (SSSR count). The van der Waals surface area contributed by atoms with E-state index in [0.717, 1.165) is 25.0 Å². The van der Waals surface area contributed by atoms with Gasteiger partial charge in [0.1, 0.15) is 11.6 Å². The standard InChI is InChI=1S/C16H29N5S2/c1-19(2)10-15-17-18-16(20(15)3)13-5-4-6-21(9-13)14-11-22-7-8-23-12-14/h13-14H,4-12H2,1-3H3/t13-/m0/s1. The lowest BCUT2D eigenvalue weighted by atomic mass is 9.96. The molecule has 5 nitrogen and oxygen atoms in total. The van der Waals surface area contributed by atoms with Gasteiger partial charge in [0.2, 0.25) is 0 Å². The largest absolute Gasteiger partial charge is 0.317 e. The minimum atomic E-state index is 0.537. The molecule has 0 aliphatic carbocycles. The Labute approximate surface area is 148 Å². The third-order valence-corrected chi connectivity index (χ3v) is 7.27. The molecule has 2 fully saturated rings. The van der Waals surface area contributed by atoms with E-state index >= 15 is 0 Å². The molecule has 2 aliphatic heterocycles. The Balaban J connectivity index is 1.67. The van der Waals surface area contributed by atoms with Crippen LogP contribution in [0.5, 0.6) is 0 Å². The number of thioether (sulfide) groups is 2. The van der Waals surface area contributed by atoms with Gasteiger partial charge in [-0.15, -0.1) is 10.2 Å². The second kappa shape index (κ2) is 8.23. The third kappa shape index (κ3) is 4.44. The van der Waals surface area contributed by atoms with Gasteiger partial charge in [-0.25, -0.2) is 0 Å². The summed E-state index contributed by atoms with van der Waals surface area (Å²) in [6.07, 6.45) is 2.53. The third-order valence-electron chi connectivity index (χ3n) is 4.78. The molecule has 3 heterocycles. The maximum atomic E-state index is 4.54. The lowest BCUT2D eigenvalue weighted by Crippen LogP contribution is -2.44. The second-order valence-corrected chi connectivity index (χ2v) is 9.21. The van der Waals surface area contributed by atoms with E-state index in [0.29, 0.717) is 5.92 Å². The molecule has 7 heteroatoms. The minimum Gasteiger partial charge on any atom is -0.317 e. The monoisotopic (exact) mass is 355 g/mol. The number of hydrogen-bond donors (Lipinski definition) is 0. The Kier molecular flexibility index (Phi) is 6.29. The summed E-state index contributed by atoms with van der Waals surface area (Å²) in [6.45, 7) is 3.26.